The van der Waals surface area contributed by atoms with E-state index in [-0.39, 0.29) is 10.6 Å². The summed E-state index contributed by atoms with van der Waals surface area (Å²) >= 11 is 0. The van der Waals surface area contributed by atoms with E-state index in [0.717, 1.165) is 11.1 Å². The summed E-state index contributed by atoms with van der Waals surface area (Å²) in [6, 6.07) is 7.10. The predicted molar refractivity (Wildman–Crippen MR) is 80.2 cm³/mol. The van der Waals surface area contributed by atoms with Crippen LogP contribution < -0.4 is 10.0 Å². The van der Waals surface area contributed by atoms with E-state index in [4.69, 9.17) is 5.73 Å². The molecule has 106 valence electrons. The van der Waals surface area contributed by atoms with E-state index >= 15 is 0 Å². The van der Waals surface area contributed by atoms with Crippen molar-refractivity contribution in [2.45, 2.75) is 18.7 Å². The number of hydrogen-bond acceptors (Lipinski definition) is 4. The Morgan fingerprint density at radius 3 is 2.30 bits per heavy atom. The largest absolute Gasteiger partial charge is 0.398 e. The van der Waals surface area contributed by atoms with E-state index < -0.39 is 10.0 Å². The first-order chi connectivity index (χ1) is 9.32. The molecule has 6 heteroatoms. The molecular weight excluding hydrogens is 274 g/mol. The molecule has 0 radical (unpaired) electrons. The van der Waals surface area contributed by atoms with Crippen LogP contribution in [0.2, 0.25) is 0 Å². The van der Waals surface area contributed by atoms with E-state index in [1.165, 1.54) is 29.8 Å². The standard InChI is InChI=1S/C14H17N3O2S/c1-10-6-11(2)8-12(7-10)17(3)20(18,19)14-9-16-5-4-13(14)15/h4-9H,1-3H3,(H2,15,16). The fraction of sp³-hybridized carbons (Fsp3) is 0.214. The molecule has 0 aliphatic rings. The van der Waals surface area contributed by atoms with Crippen molar-refractivity contribution in [1.29, 1.82) is 0 Å². The van der Waals surface area contributed by atoms with E-state index in [1.54, 1.807) is 0 Å². The molecule has 0 saturated carbocycles. The molecule has 0 spiro atoms. The lowest BCUT2D eigenvalue weighted by molar-refractivity contribution is 0.594. The second-order valence-corrected chi connectivity index (χ2v) is 6.67. The zero-order chi connectivity index (χ0) is 14.9. The van der Waals surface area contributed by atoms with Gasteiger partial charge in [-0.3, -0.25) is 9.29 Å². The Balaban J connectivity index is 2.52. The van der Waals surface area contributed by atoms with Gasteiger partial charge in [-0.2, -0.15) is 0 Å². The zero-order valence-corrected chi connectivity index (χ0v) is 12.5. The highest BCUT2D eigenvalue weighted by molar-refractivity contribution is 7.93. The summed E-state index contributed by atoms with van der Waals surface area (Å²) in [5.41, 5.74) is 8.53. The number of pyridine rings is 1. The molecule has 2 rings (SSSR count). The Hall–Kier alpha value is -2.08. The summed E-state index contributed by atoms with van der Waals surface area (Å²) in [5, 5.41) is 0. The number of anilines is 2. The SMILES string of the molecule is Cc1cc(C)cc(N(C)S(=O)(=O)c2cnccc2N)c1. The topological polar surface area (TPSA) is 76.3 Å². The minimum Gasteiger partial charge on any atom is -0.398 e. The van der Waals surface area contributed by atoms with Crippen molar-refractivity contribution in [2.24, 2.45) is 0 Å². The second kappa shape index (κ2) is 5.13. The third-order valence-electron chi connectivity index (χ3n) is 3.02. The molecule has 0 atom stereocenters. The van der Waals surface area contributed by atoms with Crippen LogP contribution in [0.4, 0.5) is 11.4 Å². The lowest BCUT2D eigenvalue weighted by atomic mass is 10.1. The Bertz CT molecular complexity index is 722. The van der Waals surface area contributed by atoms with Crippen molar-refractivity contribution in [2.75, 3.05) is 17.1 Å². The van der Waals surface area contributed by atoms with Crippen molar-refractivity contribution in [3.63, 3.8) is 0 Å². The normalized spacial score (nSPS) is 11.3. The Morgan fingerprint density at radius 1 is 1.15 bits per heavy atom. The minimum absolute atomic E-state index is 0.0154. The van der Waals surface area contributed by atoms with Crippen LogP contribution in [0.3, 0.4) is 0 Å². The number of sulfonamides is 1. The lowest BCUT2D eigenvalue weighted by Gasteiger charge is -2.21. The molecule has 0 aliphatic carbocycles. The average Bonchev–Trinajstić information content (AvgIpc) is 2.37. The van der Waals surface area contributed by atoms with Crippen LogP contribution in [0.25, 0.3) is 0 Å². The van der Waals surface area contributed by atoms with Gasteiger partial charge in [0.15, 0.2) is 0 Å². The summed E-state index contributed by atoms with van der Waals surface area (Å²) in [4.78, 5) is 3.85. The van der Waals surface area contributed by atoms with Gasteiger partial charge in [0.1, 0.15) is 4.90 Å². The molecule has 2 N–H and O–H groups in total. The fourth-order valence-corrected chi connectivity index (χ4v) is 3.26. The Labute approximate surface area is 119 Å². The smallest absolute Gasteiger partial charge is 0.267 e. The number of aromatic nitrogens is 1. The Morgan fingerprint density at radius 2 is 1.75 bits per heavy atom. The van der Waals surface area contributed by atoms with Gasteiger partial charge in [0.25, 0.3) is 10.0 Å². The highest BCUT2D eigenvalue weighted by atomic mass is 32.2. The third-order valence-corrected chi connectivity index (χ3v) is 4.85. The average molecular weight is 291 g/mol. The van der Waals surface area contributed by atoms with Gasteiger partial charge < -0.3 is 5.73 Å². The number of nitrogens with two attached hydrogens (primary N) is 1. The van der Waals surface area contributed by atoms with Crippen LogP contribution in [0.5, 0.6) is 0 Å². The first-order valence-electron chi connectivity index (χ1n) is 6.09. The van der Waals surface area contributed by atoms with Gasteiger partial charge in [0, 0.05) is 19.4 Å². The van der Waals surface area contributed by atoms with Crippen molar-refractivity contribution in [3.8, 4) is 0 Å². The van der Waals surface area contributed by atoms with Crippen molar-refractivity contribution < 1.29 is 8.42 Å². The van der Waals surface area contributed by atoms with E-state index in [1.807, 2.05) is 32.0 Å². The molecule has 0 bridgehead atoms. The van der Waals surface area contributed by atoms with Gasteiger partial charge in [0.2, 0.25) is 0 Å². The first kappa shape index (κ1) is 14.3. The number of nitrogen functional groups attached to an aromatic ring is 1. The number of aryl methyl sites for hydroxylation is 2. The summed E-state index contributed by atoms with van der Waals surface area (Å²) in [7, 11) is -2.20. The molecule has 1 aromatic carbocycles. The molecule has 1 heterocycles. The maximum Gasteiger partial charge on any atom is 0.267 e. The lowest BCUT2D eigenvalue weighted by Crippen LogP contribution is -2.27. The highest BCUT2D eigenvalue weighted by Gasteiger charge is 2.24. The van der Waals surface area contributed by atoms with Crippen LogP contribution in [0.1, 0.15) is 11.1 Å². The molecule has 2 aromatic rings. The molecule has 0 saturated heterocycles. The highest BCUT2D eigenvalue weighted by Crippen LogP contribution is 2.26. The van der Waals surface area contributed by atoms with Crippen molar-refractivity contribution >= 4 is 21.4 Å². The van der Waals surface area contributed by atoms with Crippen molar-refractivity contribution in [1.82, 2.24) is 4.98 Å². The molecule has 0 amide bonds. The summed E-state index contributed by atoms with van der Waals surface area (Å²) in [6.45, 7) is 3.85. The molecule has 0 aliphatic heterocycles. The number of benzene rings is 1. The molecular formula is C14H17N3O2S. The minimum atomic E-state index is -3.71. The number of nitrogens with zero attached hydrogens (tertiary/aromatic N) is 2. The molecule has 1 aromatic heterocycles. The monoisotopic (exact) mass is 291 g/mol. The van der Waals surface area contributed by atoms with E-state index in [0.29, 0.717) is 5.69 Å². The van der Waals surface area contributed by atoms with Gasteiger partial charge in [0.05, 0.1) is 11.4 Å². The van der Waals surface area contributed by atoms with Gasteiger partial charge in [-0.05, 0) is 43.2 Å². The fourth-order valence-electron chi connectivity index (χ4n) is 2.03. The van der Waals surface area contributed by atoms with Gasteiger partial charge in [-0.25, -0.2) is 8.42 Å². The summed E-state index contributed by atoms with van der Waals surface area (Å²) < 4.78 is 26.4. The van der Waals surface area contributed by atoms with Crippen molar-refractivity contribution in [3.05, 3.63) is 47.8 Å². The molecule has 20 heavy (non-hydrogen) atoms. The van der Waals surface area contributed by atoms with Gasteiger partial charge >= 0.3 is 0 Å². The third kappa shape index (κ3) is 2.60. The van der Waals surface area contributed by atoms with Crippen LogP contribution >= 0.6 is 0 Å². The maximum absolute atomic E-state index is 12.6. The molecule has 5 nitrogen and oxygen atoms in total. The predicted octanol–water partition coefficient (Wildman–Crippen LogP) is 2.11. The van der Waals surface area contributed by atoms with E-state index in [2.05, 4.69) is 4.98 Å². The van der Waals surface area contributed by atoms with Crippen LogP contribution in [-0.2, 0) is 10.0 Å². The number of hydrogen-bond donors (Lipinski definition) is 1. The van der Waals surface area contributed by atoms with Crippen LogP contribution in [0, 0.1) is 13.8 Å². The second-order valence-electron chi connectivity index (χ2n) is 4.73. The number of rotatable bonds is 3. The maximum atomic E-state index is 12.6. The van der Waals surface area contributed by atoms with Crippen LogP contribution in [0.15, 0.2) is 41.6 Å². The first-order valence-corrected chi connectivity index (χ1v) is 7.53. The summed E-state index contributed by atoms with van der Waals surface area (Å²) in [5.74, 6) is 0. The van der Waals surface area contributed by atoms with E-state index in [9.17, 15) is 8.42 Å². The van der Waals surface area contributed by atoms with Gasteiger partial charge in [-0.15, -0.1) is 0 Å². The van der Waals surface area contributed by atoms with Gasteiger partial charge in [-0.1, -0.05) is 6.07 Å². The molecule has 0 fully saturated rings. The Kier molecular flexibility index (Phi) is 3.67. The summed E-state index contributed by atoms with van der Waals surface area (Å²) in [6.07, 6.45) is 2.73. The molecule has 0 unspecified atom stereocenters. The zero-order valence-electron chi connectivity index (χ0n) is 11.7. The van der Waals surface area contributed by atoms with Crippen LogP contribution in [-0.4, -0.2) is 20.4 Å². The quantitative estimate of drug-likeness (QED) is 0.939.